The Morgan fingerprint density at radius 3 is 2.68 bits per heavy atom. The maximum Gasteiger partial charge on any atom is 0.333 e. The SMILES string of the molecule is C[C@@H]1CCC[C@@H](c2coc(-c3c(-n4cc(Cl)nn4)ccc(Cl)c3F)cc2=O)c2cc(ccn2)-c2c(cnn2C(F)F)NC1=O. The van der Waals surface area contributed by atoms with Crippen LogP contribution >= 0.6 is 23.2 Å². The molecule has 1 aliphatic rings. The second kappa shape index (κ2) is 11.9. The Labute approximate surface area is 257 Å². The van der Waals surface area contributed by atoms with Crippen LogP contribution in [0, 0.1) is 11.7 Å². The van der Waals surface area contributed by atoms with Crippen molar-refractivity contribution >= 4 is 34.8 Å². The van der Waals surface area contributed by atoms with E-state index in [1.807, 2.05) is 0 Å². The number of carbonyl (C=O) groups excluding carboxylic acids is 1. The van der Waals surface area contributed by atoms with Gasteiger partial charge < -0.3 is 9.73 Å². The molecule has 0 saturated carbocycles. The Hall–Kier alpha value is -4.49. The van der Waals surface area contributed by atoms with Crippen molar-refractivity contribution in [3.63, 3.8) is 0 Å². The first-order valence-electron chi connectivity index (χ1n) is 13.4. The maximum atomic E-state index is 15.4. The number of aromatic nitrogens is 6. The molecule has 5 aromatic rings. The van der Waals surface area contributed by atoms with Gasteiger partial charge in [0.15, 0.2) is 16.4 Å². The van der Waals surface area contributed by atoms with Gasteiger partial charge in [-0.1, -0.05) is 41.8 Å². The molecule has 4 aromatic heterocycles. The number of nitrogens with one attached hydrogen (secondary N) is 1. The van der Waals surface area contributed by atoms with Gasteiger partial charge in [-0.25, -0.2) is 13.8 Å². The fourth-order valence-corrected chi connectivity index (χ4v) is 5.57. The number of halogens is 5. The summed E-state index contributed by atoms with van der Waals surface area (Å²) < 4.78 is 50.8. The second-order valence-corrected chi connectivity index (χ2v) is 11.1. The van der Waals surface area contributed by atoms with Crippen molar-refractivity contribution in [1.82, 2.24) is 29.8 Å². The van der Waals surface area contributed by atoms with Crippen LogP contribution in [0.5, 0.6) is 0 Å². The van der Waals surface area contributed by atoms with Crippen LogP contribution in [0.1, 0.15) is 49.9 Å². The minimum absolute atomic E-state index is 0.00285. The van der Waals surface area contributed by atoms with Gasteiger partial charge in [-0.2, -0.15) is 13.9 Å². The highest BCUT2D eigenvalue weighted by atomic mass is 35.5. The lowest BCUT2D eigenvalue weighted by atomic mass is 9.88. The molecule has 1 amide bonds. The van der Waals surface area contributed by atoms with E-state index in [9.17, 15) is 18.4 Å². The normalized spacial score (nSPS) is 17.1. The highest BCUT2D eigenvalue weighted by Crippen LogP contribution is 2.37. The zero-order valence-electron chi connectivity index (χ0n) is 22.8. The van der Waals surface area contributed by atoms with Gasteiger partial charge in [-0.05, 0) is 37.1 Å². The molecule has 226 valence electrons. The molecule has 0 aliphatic carbocycles. The maximum absolute atomic E-state index is 15.4. The third-order valence-corrected chi connectivity index (χ3v) is 7.96. The monoisotopic (exact) mass is 643 g/mol. The van der Waals surface area contributed by atoms with E-state index in [2.05, 4.69) is 25.7 Å². The lowest BCUT2D eigenvalue weighted by Gasteiger charge is -2.20. The van der Waals surface area contributed by atoms with Gasteiger partial charge in [0.05, 0.1) is 46.3 Å². The number of hydrogen-bond donors (Lipinski definition) is 1. The molecule has 1 N–H and O–H groups in total. The molecule has 10 nitrogen and oxygen atoms in total. The zero-order valence-corrected chi connectivity index (χ0v) is 24.4. The van der Waals surface area contributed by atoms with Gasteiger partial charge in [-0.15, -0.1) is 5.10 Å². The van der Waals surface area contributed by atoms with Gasteiger partial charge in [0.25, 0.3) is 0 Å². The highest BCUT2D eigenvalue weighted by molar-refractivity contribution is 6.31. The van der Waals surface area contributed by atoms with Crippen molar-refractivity contribution in [2.45, 2.75) is 38.7 Å². The van der Waals surface area contributed by atoms with Crippen molar-refractivity contribution in [1.29, 1.82) is 0 Å². The van der Waals surface area contributed by atoms with Crippen LogP contribution in [0.15, 0.2) is 64.4 Å². The van der Waals surface area contributed by atoms with E-state index >= 15 is 4.39 Å². The van der Waals surface area contributed by atoms with Gasteiger partial charge in [0.2, 0.25) is 5.91 Å². The fourth-order valence-electron chi connectivity index (χ4n) is 5.29. The van der Waals surface area contributed by atoms with Crippen LogP contribution < -0.4 is 10.7 Å². The first-order chi connectivity index (χ1) is 21.1. The molecule has 2 bridgehead atoms. The molecule has 15 heteroatoms. The predicted molar refractivity (Wildman–Crippen MR) is 156 cm³/mol. The zero-order chi connectivity index (χ0) is 31.1. The predicted octanol–water partition coefficient (Wildman–Crippen LogP) is 6.88. The van der Waals surface area contributed by atoms with Gasteiger partial charge in [0, 0.05) is 40.9 Å². The summed E-state index contributed by atoms with van der Waals surface area (Å²) in [6.07, 6.45) is 6.55. The molecule has 6 rings (SSSR count). The van der Waals surface area contributed by atoms with Gasteiger partial charge >= 0.3 is 6.55 Å². The van der Waals surface area contributed by atoms with Crippen LogP contribution in [0.3, 0.4) is 0 Å². The Kier molecular flexibility index (Phi) is 7.99. The number of nitrogens with zero attached hydrogens (tertiary/aromatic N) is 6. The Balaban J connectivity index is 1.47. The first-order valence-corrected chi connectivity index (χ1v) is 14.2. The molecule has 44 heavy (non-hydrogen) atoms. The van der Waals surface area contributed by atoms with Crippen molar-refractivity contribution in [2.24, 2.45) is 5.92 Å². The van der Waals surface area contributed by atoms with Crippen LogP contribution in [0.2, 0.25) is 10.2 Å². The summed E-state index contributed by atoms with van der Waals surface area (Å²) in [6.45, 7) is -1.24. The highest BCUT2D eigenvalue weighted by Gasteiger charge is 2.27. The van der Waals surface area contributed by atoms with Crippen LogP contribution in [0.25, 0.3) is 28.3 Å². The number of carbonyl (C=O) groups is 1. The first kappa shape index (κ1) is 29.6. The van der Waals surface area contributed by atoms with Crippen molar-refractivity contribution in [3.05, 3.63) is 92.7 Å². The van der Waals surface area contributed by atoms with Crippen molar-refractivity contribution in [3.8, 4) is 28.3 Å². The number of anilines is 1. The molecule has 5 heterocycles. The number of fused-ring (bicyclic) bond motifs is 4. The largest absolute Gasteiger partial charge is 0.464 e. The van der Waals surface area contributed by atoms with Crippen LogP contribution in [-0.4, -0.2) is 35.7 Å². The van der Waals surface area contributed by atoms with E-state index in [0.29, 0.717) is 35.2 Å². The Bertz CT molecular complexity index is 1940. The van der Waals surface area contributed by atoms with E-state index in [4.69, 9.17) is 27.6 Å². The van der Waals surface area contributed by atoms with E-state index in [1.165, 1.54) is 47.7 Å². The number of benzene rings is 1. The van der Waals surface area contributed by atoms with Crippen LogP contribution in [-0.2, 0) is 4.79 Å². The van der Waals surface area contributed by atoms with Gasteiger partial charge in [0.1, 0.15) is 5.76 Å². The lowest BCUT2D eigenvalue weighted by molar-refractivity contribution is -0.119. The van der Waals surface area contributed by atoms with Crippen LogP contribution in [0.4, 0.5) is 18.9 Å². The van der Waals surface area contributed by atoms with E-state index in [-0.39, 0.29) is 50.0 Å². The molecule has 0 radical (unpaired) electrons. The third-order valence-electron chi connectivity index (χ3n) is 7.49. The number of alkyl halides is 2. The number of amides is 1. The summed E-state index contributed by atoms with van der Waals surface area (Å²) in [5.74, 6) is -2.41. The molecule has 1 aromatic carbocycles. The quantitative estimate of drug-likeness (QED) is 0.227. The average molecular weight is 644 g/mol. The molecule has 0 unspecified atom stereocenters. The summed E-state index contributed by atoms with van der Waals surface area (Å²) >= 11 is 12.0. The molecule has 0 saturated heterocycles. The Morgan fingerprint density at radius 1 is 1.14 bits per heavy atom. The van der Waals surface area contributed by atoms with E-state index in [0.717, 1.165) is 6.07 Å². The number of hydrogen-bond acceptors (Lipinski definition) is 7. The summed E-state index contributed by atoms with van der Waals surface area (Å²) in [5, 5.41) is 13.9. The minimum Gasteiger partial charge on any atom is -0.464 e. The Morgan fingerprint density at radius 2 is 1.95 bits per heavy atom. The summed E-state index contributed by atoms with van der Waals surface area (Å²) in [5.41, 5.74) is 0.651. The molecule has 2 atom stereocenters. The topological polar surface area (TPSA) is 121 Å². The van der Waals surface area contributed by atoms with E-state index < -0.39 is 29.6 Å². The fraction of sp³-hybridized carbons (Fsp3) is 0.241. The van der Waals surface area contributed by atoms with E-state index in [1.54, 1.807) is 13.0 Å². The minimum atomic E-state index is -2.97. The third kappa shape index (κ3) is 5.48. The molecule has 0 spiro atoms. The van der Waals surface area contributed by atoms with Crippen molar-refractivity contribution < 1.29 is 22.4 Å². The lowest BCUT2D eigenvalue weighted by Crippen LogP contribution is -2.22. The van der Waals surface area contributed by atoms with Gasteiger partial charge in [-0.3, -0.25) is 14.6 Å². The summed E-state index contributed by atoms with van der Waals surface area (Å²) in [6, 6.07) is 7.06. The smallest absolute Gasteiger partial charge is 0.333 e. The molecule has 0 fully saturated rings. The number of rotatable bonds is 4. The molecule has 1 aliphatic heterocycles. The second-order valence-electron chi connectivity index (χ2n) is 10.3. The summed E-state index contributed by atoms with van der Waals surface area (Å²) in [7, 11) is 0. The molecular formula is C29H22Cl2F3N7O3. The summed E-state index contributed by atoms with van der Waals surface area (Å²) in [4.78, 5) is 31.0. The average Bonchev–Trinajstić information content (AvgIpc) is 3.62. The standard InChI is InChI=1S/C29H22Cl2F3N7O3/c1-14-3-2-4-16(19-9-15(7-8-35-19)27-20(37-28(14)43)11-36-41(27)29(33)34)17-13-44-23(10-22(17)42)25-21(6-5-18(30)26(25)32)40-12-24(31)38-39-40/h5-14,16,29H,2-4H2,1H3,(H,37,43)/t14-,16+/m1/s1. The van der Waals surface area contributed by atoms with Crippen molar-refractivity contribution in [2.75, 3.05) is 5.32 Å². The number of pyridine rings is 1. The molecular weight excluding hydrogens is 622 g/mol.